The van der Waals surface area contributed by atoms with Crippen molar-refractivity contribution in [2.45, 2.75) is 6.18 Å². The zero-order valence-corrected chi connectivity index (χ0v) is 12.6. The van der Waals surface area contributed by atoms with Crippen molar-refractivity contribution >= 4 is 29.2 Å². The van der Waals surface area contributed by atoms with Gasteiger partial charge in [-0.2, -0.15) is 13.2 Å². The molecule has 0 fully saturated rings. The third-order valence-electron chi connectivity index (χ3n) is 2.92. The van der Waals surface area contributed by atoms with Crippen LogP contribution in [0.15, 0.2) is 42.5 Å². The summed E-state index contributed by atoms with van der Waals surface area (Å²) in [6, 6.07) is 6.66. The summed E-state index contributed by atoms with van der Waals surface area (Å²) in [5, 5.41) is 13.6. The molecule has 0 heterocycles. The van der Waals surface area contributed by atoms with E-state index in [1.807, 2.05) is 5.32 Å². The number of alkyl halides is 3. The number of carbonyl (C=O) groups is 2. The first-order chi connectivity index (χ1) is 11.2. The highest BCUT2D eigenvalue weighted by atomic mass is 35.5. The topological polar surface area (TPSA) is 78.4 Å². The largest absolute Gasteiger partial charge is 0.507 e. The summed E-state index contributed by atoms with van der Waals surface area (Å²) in [5.41, 5.74) is -1.11. The number of benzene rings is 2. The van der Waals surface area contributed by atoms with Gasteiger partial charge in [0.15, 0.2) is 0 Å². The Kier molecular flexibility index (Phi) is 4.99. The summed E-state index contributed by atoms with van der Waals surface area (Å²) < 4.78 is 37.3. The van der Waals surface area contributed by atoms with Crippen molar-refractivity contribution in [1.82, 2.24) is 5.32 Å². The number of hydrogen-bond donors (Lipinski definition) is 3. The standard InChI is InChI=1S/C15H10ClF3N2O3/c16-10-2-1-3-11(22)12(10)13(23)21-14(24)20-9-6-4-8(5-7-9)15(17,18)19/h1-7,22H,(H2,20,21,23,24). The average Bonchev–Trinajstić information content (AvgIpc) is 2.46. The number of imide groups is 1. The molecule has 0 saturated heterocycles. The molecule has 0 radical (unpaired) electrons. The number of urea groups is 1. The molecule has 5 nitrogen and oxygen atoms in total. The number of rotatable bonds is 2. The zero-order chi connectivity index (χ0) is 17.9. The van der Waals surface area contributed by atoms with Gasteiger partial charge >= 0.3 is 12.2 Å². The number of phenolic OH excluding ortho intramolecular Hbond substituents is 1. The molecule has 2 aromatic carbocycles. The first-order valence-corrected chi connectivity index (χ1v) is 6.83. The molecule has 0 saturated carbocycles. The van der Waals surface area contributed by atoms with Crippen molar-refractivity contribution < 1.29 is 27.9 Å². The lowest BCUT2D eigenvalue weighted by Crippen LogP contribution is -2.34. The SMILES string of the molecule is O=C(NC(=O)c1c(O)cccc1Cl)Nc1ccc(C(F)(F)F)cc1. The number of aromatic hydroxyl groups is 1. The van der Waals surface area contributed by atoms with E-state index in [1.165, 1.54) is 18.2 Å². The van der Waals surface area contributed by atoms with Crippen molar-refractivity contribution in [2.24, 2.45) is 0 Å². The Morgan fingerprint density at radius 2 is 1.67 bits per heavy atom. The van der Waals surface area contributed by atoms with E-state index in [2.05, 4.69) is 5.32 Å². The minimum Gasteiger partial charge on any atom is -0.507 e. The summed E-state index contributed by atoms with van der Waals surface area (Å²) in [5.74, 6) is -1.37. The number of anilines is 1. The Morgan fingerprint density at radius 1 is 1.04 bits per heavy atom. The van der Waals surface area contributed by atoms with Crippen molar-refractivity contribution in [1.29, 1.82) is 0 Å². The predicted molar refractivity (Wildman–Crippen MR) is 81.0 cm³/mol. The fourth-order valence-corrected chi connectivity index (χ4v) is 2.06. The number of amides is 3. The van der Waals surface area contributed by atoms with Gasteiger partial charge in [0.25, 0.3) is 5.91 Å². The lowest BCUT2D eigenvalue weighted by molar-refractivity contribution is -0.137. The highest BCUT2D eigenvalue weighted by Crippen LogP contribution is 2.30. The fourth-order valence-electron chi connectivity index (χ4n) is 1.81. The highest BCUT2D eigenvalue weighted by molar-refractivity contribution is 6.34. The van der Waals surface area contributed by atoms with Gasteiger partial charge < -0.3 is 10.4 Å². The molecule has 0 aliphatic carbocycles. The van der Waals surface area contributed by atoms with Crippen molar-refractivity contribution in [3.8, 4) is 5.75 Å². The van der Waals surface area contributed by atoms with Gasteiger partial charge in [-0.1, -0.05) is 17.7 Å². The molecule has 9 heteroatoms. The summed E-state index contributed by atoms with van der Waals surface area (Å²) in [4.78, 5) is 23.6. The van der Waals surface area contributed by atoms with E-state index >= 15 is 0 Å². The van der Waals surface area contributed by atoms with Crippen LogP contribution in [-0.4, -0.2) is 17.0 Å². The minimum absolute atomic E-state index is 0.0525. The van der Waals surface area contributed by atoms with Crippen molar-refractivity contribution in [2.75, 3.05) is 5.32 Å². The lowest BCUT2D eigenvalue weighted by Gasteiger charge is -2.10. The normalized spacial score (nSPS) is 11.0. The monoisotopic (exact) mass is 358 g/mol. The van der Waals surface area contributed by atoms with E-state index in [-0.39, 0.29) is 16.3 Å². The van der Waals surface area contributed by atoms with E-state index in [4.69, 9.17) is 11.6 Å². The van der Waals surface area contributed by atoms with Crippen LogP contribution in [0, 0.1) is 0 Å². The smallest absolute Gasteiger partial charge is 0.416 e. The van der Waals surface area contributed by atoms with Crippen LogP contribution in [0.3, 0.4) is 0 Å². The molecule has 0 spiro atoms. The lowest BCUT2D eigenvalue weighted by atomic mass is 10.2. The van der Waals surface area contributed by atoms with Crippen molar-refractivity contribution in [3.05, 3.63) is 58.6 Å². The fraction of sp³-hybridized carbons (Fsp3) is 0.0667. The van der Waals surface area contributed by atoms with Gasteiger partial charge in [0, 0.05) is 5.69 Å². The Morgan fingerprint density at radius 3 is 2.21 bits per heavy atom. The van der Waals surface area contributed by atoms with Crippen LogP contribution >= 0.6 is 11.6 Å². The van der Waals surface area contributed by atoms with Crippen LogP contribution in [0.1, 0.15) is 15.9 Å². The van der Waals surface area contributed by atoms with E-state index in [0.717, 1.165) is 24.3 Å². The van der Waals surface area contributed by atoms with Crippen LogP contribution in [-0.2, 0) is 6.18 Å². The third kappa shape index (κ3) is 4.17. The molecule has 0 aromatic heterocycles. The number of carbonyl (C=O) groups excluding carboxylic acids is 2. The number of nitrogens with one attached hydrogen (secondary N) is 2. The maximum atomic E-state index is 12.4. The second kappa shape index (κ2) is 6.79. The molecule has 3 amide bonds. The number of phenols is 1. The van der Waals surface area contributed by atoms with Gasteiger partial charge in [-0.15, -0.1) is 0 Å². The second-order valence-electron chi connectivity index (χ2n) is 4.62. The quantitative estimate of drug-likeness (QED) is 0.758. The summed E-state index contributed by atoms with van der Waals surface area (Å²) in [7, 11) is 0. The molecule has 126 valence electrons. The van der Waals surface area contributed by atoms with E-state index < -0.39 is 29.4 Å². The molecule has 0 unspecified atom stereocenters. The molecular formula is C15H10ClF3N2O3. The summed E-state index contributed by atoms with van der Waals surface area (Å²) in [6.07, 6.45) is -4.49. The van der Waals surface area contributed by atoms with Gasteiger partial charge in [0.1, 0.15) is 11.3 Å². The van der Waals surface area contributed by atoms with Gasteiger partial charge in [0.2, 0.25) is 0 Å². The molecule has 24 heavy (non-hydrogen) atoms. The van der Waals surface area contributed by atoms with Crippen LogP contribution in [0.2, 0.25) is 5.02 Å². The van der Waals surface area contributed by atoms with Gasteiger partial charge in [-0.05, 0) is 36.4 Å². The first-order valence-electron chi connectivity index (χ1n) is 6.45. The van der Waals surface area contributed by atoms with Crippen LogP contribution < -0.4 is 10.6 Å². The molecule has 0 atom stereocenters. The molecule has 0 aliphatic rings. The van der Waals surface area contributed by atoms with Crippen LogP contribution in [0.4, 0.5) is 23.7 Å². The highest BCUT2D eigenvalue weighted by Gasteiger charge is 2.30. The molecule has 2 rings (SSSR count). The van der Waals surface area contributed by atoms with Gasteiger partial charge in [0.05, 0.1) is 10.6 Å². The van der Waals surface area contributed by atoms with Gasteiger partial charge in [-0.3, -0.25) is 10.1 Å². The summed E-state index contributed by atoms with van der Waals surface area (Å²) >= 11 is 5.77. The van der Waals surface area contributed by atoms with Crippen molar-refractivity contribution in [3.63, 3.8) is 0 Å². The maximum Gasteiger partial charge on any atom is 0.416 e. The number of halogens is 4. The Balaban J connectivity index is 2.04. The van der Waals surface area contributed by atoms with Crippen LogP contribution in [0.5, 0.6) is 5.75 Å². The molecule has 0 aliphatic heterocycles. The zero-order valence-electron chi connectivity index (χ0n) is 11.8. The van der Waals surface area contributed by atoms with E-state index in [0.29, 0.717) is 0 Å². The average molecular weight is 359 g/mol. The number of hydrogen-bond acceptors (Lipinski definition) is 3. The third-order valence-corrected chi connectivity index (χ3v) is 3.23. The predicted octanol–water partition coefficient (Wildman–Crippen LogP) is 4.03. The maximum absolute atomic E-state index is 12.4. The second-order valence-corrected chi connectivity index (χ2v) is 5.02. The summed E-state index contributed by atoms with van der Waals surface area (Å²) in [6.45, 7) is 0. The Hall–Kier alpha value is -2.74. The molecule has 3 N–H and O–H groups in total. The molecule has 2 aromatic rings. The Bertz CT molecular complexity index is 756. The molecular weight excluding hydrogens is 349 g/mol. The van der Waals surface area contributed by atoms with Crippen LogP contribution in [0.25, 0.3) is 0 Å². The van der Waals surface area contributed by atoms with E-state index in [9.17, 15) is 27.9 Å². The van der Waals surface area contributed by atoms with Gasteiger partial charge in [-0.25, -0.2) is 4.79 Å². The first kappa shape index (κ1) is 17.6. The van der Waals surface area contributed by atoms with E-state index in [1.54, 1.807) is 0 Å². The minimum atomic E-state index is -4.49. The Labute approximate surface area is 139 Å². The molecule has 0 bridgehead atoms.